The average Bonchev–Trinajstić information content (AvgIpc) is 3.63. The summed E-state index contributed by atoms with van der Waals surface area (Å²) < 4.78 is 15.3. The van der Waals surface area contributed by atoms with Crippen LogP contribution in [-0.2, 0) is 29.7 Å². The number of aryl methyl sites for hydroxylation is 1. The molecule has 5 aromatic rings. The highest BCUT2D eigenvalue weighted by Crippen LogP contribution is 2.43. The number of aliphatic hydroxyl groups excluding tert-OH is 1. The predicted molar refractivity (Wildman–Crippen MR) is 179 cm³/mol. The number of imidazole rings is 1. The molecule has 4 atom stereocenters. The van der Waals surface area contributed by atoms with Gasteiger partial charge in [-0.2, -0.15) is 0 Å². The molecule has 0 unspecified atom stereocenters. The number of fused-ring (bicyclic) bond motifs is 1. The summed E-state index contributed by atoms with van der Waals surface area (Å²) in [6, 6.07) is 30.9. The maximum Gasteiger partial charge on any atom is 0.261 e. The Hall–Kier alpha value is -4.54. The van der Waals surface area contributed by atoms with Crippen molar-refractivity contribution in [2.24, 2.45) is 13.0 Å². The molecular weight excluding hydrogens is 611 g/mol. The number of aliphatic hydroxyl groups is 1. The largest absolute Gasteiger partial charge is 0.392 e. The number of hydrogen-bond acceptors (Lipinski definition) is 7. The van der Waals surface area contributed by atoms with Gasteiger partial charge in [0.05, 0.1) is 36.5 Å². The second-order valence-corrected chi connectivity index (χ2v) is 13.0. The van der Waals surface area contributed by atoms with Crippen LogP contribution >= 0.6 is 11.8 Å². The number of nitrogens with zero attached hydrogens (tertiary/aromatic N) is 3. The summed E-state index contributed by atoms with van der Waals surface area (Å²) >= 11 is 1.67. The number of carbonyl (C=O) groups is 2. The summed E-state index contributed by atoms with van der Waals surface area (Å²) in [4.78, 5) is 31.6. The lowest BCUT2D eigenvalue weighted by atomic mass is 9.91. The molecule has 0 spiro atoms. The van der Waals surface area contributed by atoms with E-state index in [1.807, 2.05) is 90.6 Å². The van der Waals surface area contributed by atoms with E-state index in [1.54, 1.807) is 42.2 Å². The number of carbonyl (C=O) groups excluding carboxylic acids is 2. The van der Waals surface area contributed by atoms with Gasteiger partial charge in [0, 0.05) is 36.7 Å². The third kappa shape index (κ3) is 6.27. The highest BCUT2D eigenvalue weighted by atomic mass is 32.2. The summed E-state index contributed by atoms with van der Waals surface area (Å²) in [6.07, 6.45) is 2.86. The van der Waals surface area contributed by atoms with Crippen LogP contribution in [0.1, 0.15) is 62.3 Å². The maximum absolute atomic E-state index is 12.9. The van der Waals surface area contributed by atoms with Gasteiger partial charge in [-0.3, -0.25) is 14.5 Å². The fraction of sp³-hybridized carbons (Fsp3) is 0.237. The Kier molecular flexibility index (Phi) is 8.79. The molecule has 1 N–H and O–H groups in total. The minimum atomic E-state index is -0.574. The van der Waals surface area contributed by atoms with Crippen molar-refractivity contribution in [2.75, 3.05) is 5.75 Å². The highest BCUT2D eigenvalue weighted by Gasteiger charge is 2.39. The molecule has 1 saturated heterocycles. The van der Waals surface area contributed by atoms with Gasteiger partial charge >= 0.3 is 0 Å². The first-order valence-electron chi connectivity index (χ1n) is 15.6. The van der Waals surface area contributed by atoms with Crippen LogP contribution in [0.3, 0.4) is 0 Å². The first-order chi connectivity index (χ1) is 22.9. The zero-order valence-corrected chi connectivity index (χ0v) is 27.0. The molecule has 0 bridgehead atoms. The lowest BCUT2D eigenvalue weighted by Gasteiger charge is -2.41. The molecule has 7 rings (SSSR count). The average molecular weight is 646 g/mol. The molecule has 0 aliphatic carbocycles. The van der Waals surface area contributed by atoms with Crippen molar-refractivity contribution >= 4 is 23.6 Å². The number of benzene rings is 4. The van der Waals surface area contributed by atoms with E-state index >= 15 is 0 Å². The second-order valence-electron chi connectivity index (χ2n) is 12.0. The van der Waals surface area contributed by atoms with Crippen LogP contribution in [0.25, 0.3) is 11.1 Å². The maximum atomic E-state index is 12.9. The van der Waals surface area contributed by atoms with Gasteiger partial charge in [0.2, 0.25) is 0 Å². The van der Waals surface area contributed by atoms with E-state index < -0.39 is 6.29 Å². The van der Waals surface area contributed by atoms with Crippen LogP contribution in [0.5, 0.6) is 0 Å². The minimum absolute atomic E-state index is 0.00591. The van der Waals surface area contributed by atoms with Gasteiger partial charge in [0.25, 0.3) is 11.8 Å². The van der Waals surface area contributed by atoms with E-state index in [0.29, 0.717) is 11.1 Å². The predicted octanol–water partition coefficient (Wildman–Crippen LogP) is 6.96. The monoisotopic (exact) mass is 645 g/mol. The van der Waals surface area contributed by atoms with Crippen molar-refractivity contribution in [3.63, 3.8) is 0 Å². The molecule has 8 nitrogen and oxygen atoms in total. The third-order valence-electron chi connectivity index (χ3n) is 8.94. The fourth-order valence-corrected chi connectivity index (χ4v) is 7.30. The highest BCUT2D eigenvalue weighted by molar-refractivity contribution is 7.99. The number of imide groups is 1. The Morgan fingerprint density at radius 3 is 2.17 bits per heavy atom. The summed E-state index contributed by atoms with van der Waals surface area (Å²) in [5, 5.41) is 10.5. The second kappa shape index (κ2) is 13.3. The van der Waals surface area contributed by atoms with Crippen LogP contribution in [0, 0.1) is 5.92 Å². The molecule has 1 aromatic heterocycles. The lowest BCUT2D eigenvalue weighted by Crippen LogP contribution is -2.38. The zero-order chi connectivity index (χ0) is 32.5. The topological polar surface area (TPSA) is 93.9 Å². The lowest BCUT2D eigenvalue weighted by molar-refractivity contribution is -0.268. The van der Waals surface area contributed by atoms with E-state index in [-0.39, 0.29) is 43.1 Å². The molecule has 238 valence electrons. The molecular formula is C38H35N3O5S. The van der Waals surface area contributed by atoms with E-state index in [9.17, 15) is 14.7 Å². The van der Waals surface area contributed by atoms with E-state index in [2.05, 4.69) is 11.9 Å². The van der Waals surface area contributed by atoms with Crippen molar-refractivity contribution < 1.29 is 24.2 Å². The van der Waals surface area contributed by atoms with Crippen LogP contribution < -0.4 is 0 Å². The molecule has 4 aromatic carbocycles. The van der Waals surface area contributed by atoms with Crippen LogP contribution in [0.15, 0.2) is 115 Å². The summed E-state index contributed by atoms with van der Waals surface area (Å²) in [6.45, 7) is 2.36. The van der Waals surface area contributed by atoms with Crippen molar-refractivity contribution in [1.29, 1.82) is 0 Å². The van der Waals surface area contributed by atoms with E-state index in [1.165, 1.54) is 4.90 Å². The van der Waals surface area contributed by atoms with Gasteiger partial charge < -0.3 is 19.1 Å². The summed E-state index contributed by atoms with van der Waals surface area (Å²) in [7, 11) is 1.99. The standard InChI is InChI=1S/C38H35N3O5S/c1-24-33(23-47-38-39-18-19-40(38)2)45-37(46-34(24)28-12-10-25(22-42)11-13-28)29-16-14-27(15-17-29)30-7-5-6-26(20-30)21-41-35(43)31-8-3-4-9-32(31)36(41)44/h3-20,24,33-34,37,42H,21-23H2,1-2H3/t24-,33+,34+,37+/m0/s1. The summed E-state index contributed by atoms with van der Waals surface area (Å²) in [5.41, 5.74) is 6.57. The zero-order valence-electron chi connectivity index (χ0n) is 26.2. The fourth-order valence-electron chi connectivity index (χ4n) is 6.20. The molecule has 2 aliphatic heterocycles. The van der Waals surface area contributed by atoms with Gasteiger partial charge in [0.1, 0.15) is 0 Å². The number of amides is 2. The number of ether oxygens (including phenoxy) is 2. The van der Waals surface area contributed by atoms with Crippen molar-refractivity contribution in [1.82, 2.24) is 14.5 Å². The quantitative estimate of drug-likeness (QED) is 0.137. The molecule has 0 radical (unpaired) electrons. The number of rotatable bonds is 9. The normalized spacial score (nSPS) is 20.9. The van der Waals surface area contributed by atoms with Crippen molar-refractivity contribution in [2.45, 2.75) is 43.7 Å². The smallest absolute Gasteiger partial charge is 0.261 e. The van der Waals surface area contributed by atoms with Gasteiger partial charge in [-0.05, 0) is 46.0 Å². The number of thioether (sulfide) groups is 1. The van der Waals surface area contributed by atoms with E-state index in [0.717, 1.165) is 44.3 Å². The molecule has 3 heterocycles. The Morgan fingerprint density at radius 2 is 1.51 bits per heavy atom. The first kappa shape index (κ1) is 31.1. The van der Waals surface area contributed by atoms with Crippen LogP contribution in [0.2, 0.25) is 0 Å². The Bertz CT molecular complexity index is 1870. The number of aromatic nitrogens is 2. The molecule has 9 heteroatoms. The van der Waals surface area contributed by atoms with Crippen molar-refractivity contribution in [3.8, 4) is 11.1 Å². The van der Waals surface area contributed by atoms with Crippen LogP contribution in [0.4, 0.5) is 0 Å². The molecule has 0 saturated carbocycles. The number of hydrogen-bond donors (Lipinski definition) is 1. The molecule has 1 fully saturated rings. The minimum Gasteiger partial charge on any atom is -0.392 e. The van der Waals surface area contributed by atoms with Crippen LogP contribution in [-0.4, -0.2) is 43.2 Å². The van der Waals surface area contributed by atoms with Crippen molar-refractivity contribution in [3.05, 3.63) is 143 Å². The van der Waals surface area contributed by atoms with Gasteiger partial charge in [0.15, 0.2) is 11.4 Å². The van der Waals surface area contributed by atoms with Gasteiger partial charge in [-0.15, -0.1) is 0 Å². The summed E-state index contributed by atoms with van der Waals surface area (Å²) in [5.74, 6) is 0.265. The Balaban J connectivity index is 1.10. The first-order valence-corrected chi connectivity index (χ1v) is 16.6. The van der Waals surface area contributed by atoms with E-state index in [4.69, 9.17) is 9.47 Å². The Labute approximate surface area is 278 Å². The molecule has 2 aliphatic rings. The Morgan fingerprint density at radius 1 is 0.809 bits per heavy atom. The molecule has 2 amide bonds. The third-order valence-corrected chi connectivity index (χ3v) is 10.1. The SMILES string of the molecule is C[C@H]1[C@@H](CSc2nccn2C)O[C@@H](c2ccc(-c3cccc(CN4C(=O)c5ccccc5C4=O)c3)cc2)O[C@H]1c1ccc(CO)cc1. The van der Waals surface area contributed by atoms with Gasteiger partial charge in [-0.25, -0.2) is 4.98 Å². The van der Waals surface area contributed by atoms with Gasteiger partial charge in [-0.1, -0.05) is 97.5 Å². The molecule has 47 heavy (non-hydrogen) atoms.